The van der Waals surface area contributed by atoms with E-state index in [0.29, 0.717) is 0 Å². The van der Waals surface area contributed by atoms with E-state index in [1.54, 1.807) is 5.30 Å². The van der Waals surface area contributed by atoms with E-state index in [9.17, 15) is 0 Å². The third-order valence-electron chi connectivity index (χ3n) is 2.09. The maximum Gasteiger partial charge on any atom is 0.0139 e. The quantitative estimate of drug-likeness (QED) is 0.639. The molecule has 12 heavy (non-hydrogen) atoms. The van der Waals surface area contributed by atoms with Crippen molar-refractivity contribution in [2.45, 2.75) is 45.4 Å². The van der Waals surface area contributed by atoms with E-state index < -0.39 is 0 Å². The van der Waals surface area contributed by atoms with Gasteiger partial charge in [-0.2, -0.15) is 0 Å². The van der Waals surface area contributed by atoms with E-state index in [-0.39, 0.29) is 0 Å². The predicted octanol–water partition coefficient (Wildman–Crippen LogP) is 4.11. The van der Waals surface area contributed by atoms with Gasteiger partial charge in [-0.1, -0.05) is 32.6 Å². The SMILES string of the molecule is CCCCCCCc1cc[nH]p1. The van der Waals surface area contributed by atoms with Crippen molar-refractivity contribution in [1.82, 2.24) is 4.75 Å². The summed E-state index contributed by atoms with van der Waals surface area (Å²) >= 11 is 0. The second-order valence-corrected chi connectivity index (χ2v) is 4.29. The molecule has 1 aromatic heterocycles. The number of hydrogen-bond acceptors (Lipinski definition) is 0. The Labute approximate surface area is 76.8 Å². The van der Waals surface area contributed by atoms with Crippen molar-refractivity contribution in [3.05, 3.63) is 17.6 Å². The van der Waals surface area contributed by atoms with Gasteiger partial charge in [0.05, 0.1) is 0 Å². The van der Waals surface area contributed by atoms with Gasteiger partial charge in [-0.05, 0) is 24.2 Å². The maximum atomic E-state index is 3.18. The molecule has 1 nitrogen and oxygen atoms in total. The molecule has 1 rings (SSSR count). The molecule has 1 heterocycles. The van der Waals surface area contributed by atoms with Crippen LogP contribution in [0.15, 0.2) is 12.3 Å². The first-order valence-corrected chi connectivity index (χ1v) is 5.81. The highest BCUT2D eigenvalue weighted by Gasteiger charge is 1.93. The van der Waals surface area contributed by atoms with Crippen LogP contribution < -0.4 is 0 Å². The molecule has 0 fully saturated rings. The van der Waals surface area contributed by atoms with Gasteiger partial charge in [-0.15, -0.1) is 0 Å². The van der Waals surface area contributed by atoms with E-state index in [1.165, 1.54) is 46.9 Å². The molecule has 0 aliphatic heterocycles. The van der Waals surface area contributed by atoms with Crippen LogP contribution in [0.1, 0.15) is 44.3 Å². The first-order valence-electron chi connectivity index (χ1n) is 4.92. The van der Waals surface area contributed by atoms with E-state index >= 15 is 0 Å². The minimum atomic E-state index is 1.29. The minimum Gasteiger partial charge on any atom is -0.344 e. The average Bonchev–Trinajstić information content (AvgIpc) is 2.57. The second kappa shape index (κ2) is 6.25. The Kier molecular flexibility index (Phi) is 5.10. The minimum absolute atomic E-state index is 1.29. The van der Waals surface area contributed by atoms with Crippen LogP contribution in [0, 0.1) is 0 Å². The number of aromatic amines is 1. The lowest BCUT2D eigenvalue weighted by molar-refractivity contribution is 0.634. The van der Waals surface area contributed by atoms with Crippen LogP contribution >= 0.6 is 8.35 Å². The number of rotatable bonds is 6. The summed E-state index contributed by atoms with van der Waals surface area (Å²) in [6, 6.07) is 2.21. The highest BCUT2D eigenvalue weighted by atomic mass is 31.0. The Morgan fingerprint density at radius 1 is 1.25 bits per heavy atom. The topological polar surface area (TPSA) is 15.8 Å². The molecule has 0 unspecified atom stereocenters. The van der Waals surface area contributed by atoms with Gasteiger partial charge in [0.15, 0.2) is 0 Å². The molecule has 0 aromatic carbocycles. The molecule has 0 radical (unpaired) electrons. The Hall–Kier alpha value is -0.290. The number of H-pyrrole nitrogens is 1. The van der Waals surface area contributed by atoms with Crippen molar-refractivity contribution >= 4 is 8.35 Å². The maximum absolute atomic E-state index is 3.18. The fourth-order valence-corrected chi connectivity index (χ4v) is 2.07. The van der Waals surface area contributed by atoms with Crippen LogP contribution in [0.2, 0.25) is 0 Å². The van der Waals surface area contributed by atoms with Crippen LogP contribution in [0.5, 0.6) is 0 Å². The Morgan fingerprint density at radius 2 is 2.08 bits per heavy atom. The normalized spacial score (nSPS) is 11.1. The summed E-state index contributed by atoms with van der Waals surface area (Å²) in [6.07, 6.45) is 10.3. The summed E-state index contributed by atoms with van der Waals surface area (Å²) in [6.45, 7) is 2.26. The molecule has 2 heteroatoms. The fourth-order valence-electron chi connectivity index (χ4n) is 1.34. The van der Waals surface area contributed by atoms with Gasteiger partial charge in [0.25, 0.3) is 0 Å². The van der Waals surface area contributed by atoms with E-state index in [0.717, 1.165) is 0 Å². The van der Waals surface area contributed by atoms with Crippen LogP contribution in [0.25, 0.3) is 0 Å². The van der Waals surface area contributed by atoms with Gasteiger partial charge in [0, 0.05) is 14.5 Å². The van der Waals surface area contributed by atoms with E-state index in [2.05, 4.69) is 17.7 Å². The highest BCUT2D eigenvalue weighted by Crippen LogP contribution is 2.14. The molecule has 0 bridgehead atoms. The van der Waals surface area contributed by atoms with Crippen molar-refractivity contribution in [2.24, 2.45) is 0 Å². The summed E-state index contributed by atoms with van der Waals surface area (Å²) in [5.41, 5.74) is 0. The molecule has 0 amide bonds. The molecular formula is C10H18NP. The number of aromatic nitrogens is 1. The van der Waals surface area contributed by atoms with Gasteiger partial charge in [-0.25, -0.2) is 0 Å². The van der Waals surface area contributed by atoms with Crippen molar-refractivity contribution in [3.8, 4) is 0 Å². The number of aryl methyl sites for hydroxylation is 1. The second-order valence-electron chi connectivity index (χ2n) is 3.23. The van der Waals surface area contributed by atoms with Gasteiger partial charge < -0.3 is 4.75 Å². The number of hydrogen-bond donors (Lipinski definition) is 1. The first-order chi connectivity index (χ1) is 5.93. The summed E-state index contributed by atoms with van der Waals surface area (Å²) in [5, 5.41) is 1.55. The lowest BCUT2D eigenvalue weighted by Crippen LogP contribution is -1.81. The lowest BCUT2D eigenvalue weighted by Gasteiger charge is -1.97. The molecule has 0 atom stereocenters. The van der Waals surface area contributed by atoms with Crippen LogP contribution in [-0.2, 0) is 6.42 Å². The number of unbranched alkanes of at least 4 members (excludes halogenated alkanes) is 4. The van der Waals surface area contributed by atoms with Crippen molar-refractivity contribution < 1.29 is 0 Å². The Balaban J connectivity index is 1.96. The summed E-state index contributed by atoms with van der Waals surface area (Å²) in [5.74, 6) is 0. The summed E-state index contributed by atoms with van der Waals surface area (Å²) in [7, 11) is 1.31. The van der Waals surface area contributed by atoms with Gasteiger partial charge in [0.1, 0.15) is 0 Å². The molecule has 0 saturated carbocycles. The molecule has 0 saturated heterocycles. The zero-order chi connectivity index (χ0) is 8.65. The molecule has 1 N–H and O–H groups in total. The summed E-state index contributed by atoms with van der Waals surface area (Å²) in [4.78, 5) is 0. The van der Waals surface area contributed by atoms with E-state index in [1.807, 2.05) is 6.20 Å². The van der Waals surface area contributed by atoms with Crippen molar-refractivity contribution in [1.29, 1.82) is 0 Å². The molecule has 68 valence electrons. The van der Waals surface area contributed by atoms with Gasteiger partial charge in [-0.3, -0.25) is 0 Å². The zero-order valence-electron chi connectivity index (χ0n) is 7.84. The zero-order valence-corrected chi connectivity index (χ0v) is 8.74. The Bertz CT molecular complexity index is 182. The van der Waals surface area contributed by atoms with E-state index in [4.69, 9.17) is 0 Å². The fraction of sp³-hybridized carbons (Fsp3) is 0.700. The third-order valence-corrected chi connectivity index (χ3v) is 3.03. The van der Waals surface area contributed by atoms with Crippen LogP contribution in [0.3, 0.4) is 0 Å². The van der Waals surface area contributed by atoms with Crippen LogP contribution in [0.4, 0.5) is 0 Å². The monoisotopic (exact) mass is 183 g/mol. The smallest absolute Gasteiger partial charge is 0.0139 e. The standard InChI is InChI=1S/C10H18NP/c1-2-3-4-5-6-7-10-8-9-11-12-10/h8-9,11H,2-7H2,1H3. The molecule has 1 aromatic rings. The third kappa shape index (κ3) is 3.92. The highest BCUT2D eigenvalue weighted by molar-refractivity contribution is 7.26. The average molecular weight is 183 g/mol. The van der Waals surface area contributed by atoms with Crippen molar-refractivity contribution in [3.63, 3.8) is 0 Å². The molecule has 0 aliphatic carbocycles. The Morgan fingerprint density at radius 3 is 2.75 bits per heavy atom. The molecule has 0 aliphatic rings. The van der Waals surface area contributed by atoms with Crippen molar-refractivity contribution in [2.75, 3.05) is 0 Å². The van der Waals surface area contributed by atoms with Crippen LogP contribution in [-0.4, -0.2) is 4.75 Å². The molecular weight excluding hydrogens is 165 g/mol. The summed E-state index contributed by atoms with van der Waals surface area (Å²) < 4.78 is 3.18. The number of nitrogens with one attached hydrogen (secondary N) is 1. The first kappa shape index (κ1) is 9.80. The molecule has 0 spiro atoms. The lowest BCUT2D eigenvalue weighted by atomic mass is 10.1. The van der Waals surface area contributed by atoms with Gasteiger partial charge >= 0.3 is 0 Å². The predicted molar refractivity (Wildman–Crippen MR) is 55.8 cm³/mol. The van der Waals surface area contributed by atoms with Gasteiger partial charge in [0.2, 0.25) is 0 Å². The largest absolute Gasteiger partial charge is 0.344 e.